The molecule has 2 aliphatic rings. The summed E-state index contributed by atoms with van der Waals surface area (Å²) in [6.07, 6.45) is 0. The van der Waals surface area contributed by atoms with Gasteiger partial charge in [0.1, 0.15) is 11.9 Å². The highest BCUT2D eigenvalue weighted by molar-refractivity contribution is 5.87. The number of benzene rings is 1. The van der Waals surface area contributed by atoms with E-state index in [9.17, 15) is 4.79 Å². The molecule has 2 saturated heterocycles. The van der Waals surface area contributed by atoms with Crippen LogP contribution in [0.15, 0.2) is 24.3 Å². The van der Waals surface area contributed by atoms with Gasteiger partial charge in [0, 0.05) is 38.0 Å². The van der Waals surface area contributed by atoms with Crippen molar-refractivity contribution in [3.05, 3.63) is 29.8 Å². The van der Waals surface area contributed by atoms with E-state index in [1.54, 1.807) is 0 Å². The summed E-state index contributed by atoms with van der Waals surface area (Å²) in [6, 6.07) is 9.85. The van der Waals surface area contributed by atoms with Crippen LogP contribution >= 0.6 is 0 Å². The van der Waals surface area contributed by atoms with Crippen molar-refractivity contribution in [1.29, 1.82) is 5.26 Å². The first-order valence-electron chi connectivity index (χ1n) is 6.28. The van der Waals surface area contributed by atoms with E-state index in [0.717, 1.165) is 31.9 Å². The average molecular weight is 241 g/mol. The number of hydrogen-bond acceptors (Lipinski definition) is 4. The van der Waals surface area contributed by atoms with Gasteiger partial charge in [-0.15, -0.1) is 0 Å². The lowest BCUT2D eigenvalue weighted by Crippen LogP contribution is -2.57. The highest BCUT2D eigenvalue weighted by Crippen LogP contribution is 2.28. The third-order valence-corrected chi connectivity index (χ3v) is 3.83. The topological polar surface area (TPSA) is 56.1 Å². The Morgan fingerprint density at radius 1 is 1.22 bits per heavy atom. The molecule has 4 nitrogen and oxygen atoms in total. The molecular weight excluding hydrogens is 226 g/mol. The lowest BCUT2D eigenvalue weighted by Gasteiger charge is -2.41. The number of nitrogens with zero attached hydrogens (tertiary/aromatic N) is 2. The van der Waals surface area contributed by atoms with Crippen molar-refractivity contribution >= 4 is 11.5 Å². The Balaban J connectivity index is 1.90. The van der Waals surface area contributed by atoms with Crippen LogP contribution in [0.3, 0.4) is 0 Å². The van der Waals surface area contributed by atoms with Crippen LogP contribution in [-0.4, -0.2) is 32.0 Å². The maximum atomic E-state index is 12.0. The minimum absolute atomic E-state index is 0.0734. The fraction of sp³-hybridized carbons (Fsp3) is 0.429. The SMILES string of the molecule is N#Cc1ccccc1N1CC2CNCC(C1)C2=O. The smallest absolute Gasteiger partial charge is 0.145 e. The molecule has 2 atom stereocenters. The molecule has 0 spiro atoms. The number of piperidine rings is 2. The van der Waals surface area contributed by atoms with Crippen LogP contribution in [0.5, 0.6) is 0 Å². The molecule has 18 heavy (non-hydrogen) atoms. The first kappa shape index (κ1) is 11.2. The van der Waals surface area contributed by atoms with Crippen molar-refractivity contribution in [2.45, 2.75) is 0 Å². The molecule has 0 aromatic heterocycles. The third kappa shape index (κ3) is 1.77. The van der Waals surface area contributed by atoms with E-state index in [1.165, 1.54) is 0 Å². The number of carbonyl (C=O) groups is 1. The number of para-hydroxylation sites is 1. The largest absolute Gasteiger partial charge is 0.369 e. The second-order valence-corrected chi connectivity index (χ2v) is 4.99. The maximum Gasteiger partial charge on any atom is 0.145 e. The first-order valence-corrected chi connectivity index (χ1v) is 6.28. The van der Waals surface area contributed by atoms with E-state index in [1.807, 2.05) is 24.3 Å². The molecule has 92 valence electrons. The lowest BCUT2D eigenvalue weighted by molar-refractivity contribution is -0.129. The molecule has 2 bridgehead atoms. The fourth-order valence-electron chi connectivity index (χ4n) is 2.92. The minimum atomic E-state index is 0.0734. The molecule has 1 aromatic rings. The zero-order valence-electron chi connectivity index (χ0n) is 10.1. The molecule has 2 heterocycles. The van der Waals surface area contributed by atoms with Crippen molar-refractivity contribution in [2.75, 3.05) is 31.1 Å². The van der Waals surface area contributed by atoms with Crippen LogP contribution in [0.25, 0.3) is 0 Å². The Labute approximate surface area is 106 Å². The van der Waals surface area contributed by atoms with Gasteiger partial charge in [0.15, 0.2) is 0 Å². The van der Waals surface area contributed by atoms with Crippen LogP contribution in [-0.2, 0) is 4.79 Å². The molecule has 2 aliphatic heterocycles. The van der Waals surface area contributed by atoms with Crippen molar-refractivity contribution in [3.63, 3.8) is 0 Å². The summed E-state index contributed by atoms with van der Waals surface area (Å²) in [6.45, 7) is 2.98. The van der Waals surface area contributed by atoms with Gasteiger partial charge in [0.05, 0.1) is 11.3 Å². The molecule has 2 fully saturated rings. The molecule has 2 unspecified atom stereocenters. The van der Waals surface area contributed by atoms with Gasteiger partial charge in [-0.1, -0.05) is 12.1 Å². The Morgan fingerprint density at radius 3 is 2.56 bits per heavy atom. The Morgan fingerprint density at radius 2 is 1.89 bits per heavy atom. The predicted molar refractivity (Wildman–Crippen MR) is 68.2 cm³/mol. The van der Waals surface area contributed by atoms with Crippen molar-refractivity contribution in [3.8, 4) is 6.07 Å². The highest BCUT2D eigenvalue weighted by atomic mass is 16.1. The average Bonchev–Trinajstić information content (AvgIpc) is 2.38. The Bertz CT molecular complexity index is 504. The van der Waals surface area contributed by atoms with Crippen LogP contribution in [0, 0.1) is 23.2 Å². The zero-order chi connectivity index (χ0) is 12.5. The lowest BCUT2D eigenvalue weighted by atomic mass is 9.84. The first-order chi connectivity index (χ1) is 8.79. The third-order valence-electron chi connectivity index (χ3n) is 3.83. The molecule has 0 saturated carbocycles. The molecule has 0 amide bonds. The molecule has 4 heteroatoms. The molecule has 3 rings (SSSR count). The number of nitrogens with one attached hydrogen (secondary N) is 1. The Kier molecular flexibility index (Phi) is 2.77. The number of anilines is 1. The van der Waals surface area contributed by atoms with Gasteiger partial charge in [-0.05, 0) is 12.1 Å². The van der Waals surface area contributed by atoms with Crippen LogP contribution in [0.4, 0.5) is 5.69 Å². The van der Waals surface area contributed by atoms with Crippen LogP contribution in [0.1, 0.15) is 5.56 Å². The summed E-state index contributed by atoms with van der Waals surface area (Å²) < 4.78 is 0. The predicted octanol–water partition coefficient (Wildman–Crippen LogP) is 0.783. The van der Waals surface area contributed by atoms with Crippen molar-refractivity contribution in [2.24, 2.45) is 11.8 Å². The number of ketones is 1. The monoisotopic (exact) mass is 241 g/mol. The van der Waals surface area contributed by atoms with E-state index in [4.69, 9.17) is 5.26 Å². The minimum Gasteiger partial charge on any atom is -0.369 e. The summed E-state index contributed by atoms with van der Waals surface area (Å²) in [4.78, 5) is 14.2. The second-order valence-electron chi connectivity index (χ2n) is 4.99. The van der Waals surface area contributed by atoms with Crippen LogP contribution < -0.4 is 10.2 Å². The number of carbonyl (C=O) groups excluding carboxylic acids is 1. The van der Waals surface area contributed by atoms with E-state index in [0.29, 0.717) is 11.3 Å². The Hall–Kier alpha value is -1.86. The van der Waals surface area contributed by atoms with E-state index >= 15 is 0 Å². The maximum absolute atomic E-state index is 12.0. The van der Waals surface area contributed by atoms with E-state index in [2.05, 4.69) is 16.3 Å². The quantitative estimate of drug-likeness (QED) is 0.789. The molecular formula is C14H15N3O. The summed E-state index contributed by atoms with van der Waals surface area (Å²) >= 11 is 0. The summed E-state index contributed by atoms with van der Waals surface area (Å²) in [7, 11) is 0. The van der Waals surface area contributed by atoms with Gasteiger partial charge in [-0.3, -0.25) is 4.79 Å². The van der Waals surface area contributed by atoms with Gasteiger partial charge in [-0.25, -0.2) is 0 Å². The second kappa shape index (κ2) is 4.43. The van der Waals surface area contributed by atoms with E-state index < -0.39 is 0 Å². The van der Waals surface area contributed by atoms with Gasteiger partial charge in [0.2, 0.25) is 0 Å². The van der Waals surface area contributed by atoms with Crippen molar-refractivity contribution in [1.82, 2.24) is 5.32 Å². The van der Waals surface area contributed by atoms with Gasteiger partial charge >= 0.3 is 0 Å². The number of fused-ring (bicyclic) bond motifs is 2. The zero-order valence-corrected chi connectivity index (χ0v) is 10.1. The summed E-state index contributed by atoms with van der Waals surface area (Å²) in [5.41, 5.74) is 1.65. The van der Waals surface area contributed by atoms with Gasteiger partial charge in [-0.2, -0.15) is 5.26 Å². The van der Waals surface area contributed by atoms with E-state index in [-0.39, 0.29) is 11.8 Å². The normalized spacial score (nSPS) is 26.8. The highest BCUT2D eigenvalue weighted by Gasteiger charge is 2.38. The number of hydrogen-bond donors (Lipinski definition) is 1. The molecule has 0 aliphatic carbocycles. The number of Topliss-reactive ketones (excluding diaryl/α,β-unsaturated/α-hetero) is 1. The fourth-order valence-corrected chi connectivity index (χ4v) is 2.92. The van der Waals surface area contributed by atoms with Gasteiger partial charge in [0.25, 0.3) is 0 Å². The number of nitriles is 1. The summed E-state index contributed by atoms with van der Waals surface area (Å²) in [5.74, 6) is 0.535. The molecule has 1 N–H and O–H groups in total. The molecule has 0 radical (unpaired) electrons. The number of rotatable bonds is 1. The summed E-state index contributed by atoms with van der Waals surface area (Å²) in [5, 5.41) is 12.5. The van der Waals surface area contributed by atoms with Crippen LogP contribution in [0.2, 0.25) is 0 Å². The molecule has 1 aromatic carbocycles. The standard InChI is InChI=1S/C14H15N3O/c15-5-10-3-1-2-4-13(10)17-8-11-6-16-7-12(9-17)14(11)18/h1-4,11-12,16H,6-9H2. The van der Waals surface area contributed by atoms with Gasteiger partial charge < -0.3 is 10.2 Å². The van der Waals surface area contributed by atoms with Crippen molar-refractivity contribution < 1.29 is 4.79 Å².